The zero-order chi connectivity index (χ0) is 50.9. The summed E-state index contributed by atoms with van der Waals surface area (Å²) in [5.74, 6) is 1.88. The zero-order valence-electron chi connectivity index (χ0n) is 43.4. The van der Waals surface area contributed by atoms with E-state index in [1.807, 2.05) is 30.5 Å². The smallest absolute Gasteiger partial charge is 0.181 e. The van der Waals surface area contributed by atoms with Crippen molar-refractivity contribution in [1.29, 1.82) is 0 Å². The van der Waals surface area contributed by atoms with Gasteiger partial charge in [0.2, 0.25) is 0 Å². The third-order valence-corrected chi connectivity index (χ3v) is 19.6. The van der Waals surface area contributed by atoms with E-state index in [4.69, 9.17) is 9.72 Å². The number of hydrogen-bond acceptors (Lipinski definition) is 4. The number of benzene rings is 8. The fraction of sp³-hybridized carbons (Fsp3) is 0.197. The van der Waals surface area contributed by atoms with E-state index in [1.54, 1.807) is 6.07 Å². The predicted octanol–water partition coefficient (Wildman–Crippen LogP) is 14.6. The second-order valence-electron chi connectivity index (χ2n) is 22.7. The van der Waals surface area contributed by atoms with Gasteiger partial charge in [-0.25, -0.2) is 9.37 Å². The summed E-state index contributed by atoms with van der Waals surface area (Å²) in [6, 6.07) is 71.6. The lowest BCUT2D eigenvalue weighted by molar-refractivity contribution is 0.483. The van der Waals surface area contributed by atoms with E-state index in [-0.39, 0.29) is 22.1 Å². The summed E-state index contributed by atoms with van der Waals surface area (Å²) in [6.07, 6.45) is 1.86. The minimum Gasteiger partial charge on any atom is -0.457 e. The molecule has 2 aromatic heterocycles. The first-order valence-electron chi connectivity index (χ1n) is 25.5. The molecule has 0 saturated heterocycles. The summed E-state index contributed by atoms with van der Waals surface area (Å²) in [4.78, 5) is 9.90. The number of hydrogen-bond donors (Lipinski definition) is 0. The first-order valence-corrected chi connectivity index (χ1v) is 27.5. The molecule has 3 heterocycles. The highest BCUT2D eigenvalue weighted by atomic mass is 28.3. The van der Waals surface area contributed by atoms with Crippen molar-refractivity contribution in [1.82, 2.24) is 9.55 Å². The minimum absolute atomic E-state index is 0.0827. The van der Waals surface area contributed by atoms with Crippen LogP contribution >= 0.6 is 0 Å². The molecule has 0 aliphatic carbocycles. The summed E-state index contributed by atoms with van der Waals surface area (Å²) in [7, 11) is -3.03. The SMILES string of the molecule is CC(C)(C)c1cc(N2CN(c3cccc(Oc4ccc5c6cc(F)ccc6n(-c6cc(C(C)(C)C)ccn6)c5c4)c3)c3cccc([Si](c4ccccc4)(c4ccccc4)c4ccccc4)c32)cc(C(C)(C)C)c1. The summed E-state index contributed by atoms with van der Waals surface area (Å²) in [5.41, 5.74) is 9.83. The Morgan fingerprint density at radius 2 is 1.05 bits per heavy atom. The van der Waals surface area contributed by atoms with Crippen LogP contribution in [0.2, 0.25) is 0 Å². The molecule has 1 aliphatic rings. The second-order valence-corrected chi connectivity index (χ2v) is 26.5. The van der Waals surface area contributed by atoms with Crippen LogP contribution in [0.25, 0.3) is 27.6 Å². The molecule has 0 unspecified atom stereocenters. The van der Waals surface area contributed by atoms with E-state index in [0.29, 0.717) is 18.2 Å². The van der Waals surface area contributed by atoms with Crippen LogP contribution in [0, 0.1) is 5.82 Å². The van der Waals surface area contributed by atoms with Gasteiger partial charge in [0.1, 0.15) is 29.8 Å². The van der Waals surface area contributed by atoms with Crippen molar-refractivity contribution in [3.8, 4) is 17.3 Å². The fourth-order valence-electron chi connectivity index (χ4n) is 10.9. The predicted molar refractivity (Wildman–Crippen MR) is 307 cm³/mol. The largest absolute Gasteiger partial charge is 0.457 e. The van der Waals surface area contributed by atoms with Crippen molar-refractivity contribution >= 4 is 73.4 Å². The molecule has 0 amide bonds. The van der Waals surface area contributed by atoms with E-state index in [1.165, 1.54) is 49.3 Å². The van der Waals surface area contributed by atoms with Gasteiger partial charge in [-0.3, -0.25) is 4.57 Å². The lowest BCUT2D eigenvalue weighted by Crippen LogP contribution is -2.75. The Hall–Kier alpha value is -7.74. The third-order valence-electron chi connectivity index (χ3n) is 14.7. The molecule has 0 fully saturated rings. The molecule has 7 heteroatoms. The molecule has 0 bridgehead atoms. The molecular formula is C66H63FN4OSi. The Balaban J connectivity index is 1.09. The normalized spacial score (nSPS) is 13.2. The number of anilines is 4. The van der Waals surface area contributed by atoms with Crippen LogP contribution in [-0.4, -0.2) is 24.3 Å². The van der Waals surface area contributed by atoms with Crippen LogP contribution in [-0.2, 0) is 16.2 Å². The number of halogens is 1. The standard InChI is InChI=1S/C66H63FN4OSi/c1-64(2,3)45-35-36-68-62(40-45)71-58-34-31-48(67)41-57(58)56-33-32-52(43-60(56)71)72-51-22-19-21-49(42-51)69-44-70(50-38-46(65(4,5)6)37-47(39-50)66(7,8)9)63-59(69)29-20-30-61(63)73(53-23-13-10-14-24-53,54-25-15-11-16-26-54)55-27-17-12-18-28-55/h10-43H,44H2,1-9H3. The molecule has 0 radical (unpaired) electrons. The van der Waals surface area contributed by atoms with E-state index in [2.05, 4.69) is 240 Å². The molecule has 11 rings (SSSR count). The van der Waals surface area contributed by atoms with E-state index in [0.717, 1.165) is 44.6 Å². The van der Waals surface area contributed by atoms with Crippen LogP contribution in [0.5, 0.6) is 11.5 Å². The summed E-state index contributed by atoms with van der Waals surface area (Å²) in [5, 5.41) is 7.05. The molecule has 0 saturated carbocycles. The van der Waals surface area contributed by atoms with Gasteiger partial charge in [0.15, 0.2) is 8.07 Å². The van der Waals surface area contributed by atoms with Gasteiger partial charge < -0.3 is 14.5 Å². The Morgan fingerprint density at radius 1 is 0.466 bits per heavy atom. The van der Waals surface area contributed by atoms with Crippen LogP contribution < -0.4 is 35.3 Å². The molecule has 0 atom stereocenters. The second kappa shape index (κ2) is 18.1. The topological polar surface area (TPSA) is 33.5 Å². The van der Waals surface area contributed by atoms with E-state index < -0.39 is 8.07 Å². The highest BCUT2D eigenvalue weighted by Gasteiger charge is 2.46. The highest BCUT2D eigenvalue weighted by Crippen LogP contribution is 2.47. The van der Waals surface area contributed by atoms with Crippen molar-refractivity contribution in [3.05, 3.63) is 229 Å². The molecule has 1 aliphatic heterocycles. The van der Waals surface area contributed by atoms with Gasteiger partial charge in [-0.05, 0) is 126 Å². The molecule has 364 valence electrons. The zero-order valence-corrected chi connectivity index (χ0v) is 44.4. The van der Waals surface area contributed by atoms with E-state index >= 15 is 0 Å². The fourth-order valence-corrected chi connectivity index (χ4v) is 15.8. The number of ether oxygens (including phenoxy) is 1. The lowest BCUT2D eigenvalue weighted by Gasteiger charge is -2.37. The minimum atomic E-state index is -3.03. The Labute approximate surface area is 431 Å². The van der Waals surface area contributed by atoms with Crippen molar-refractivity contribution < 1.29 is 9.13 Å². The molecular weight excluding hydrogens is 912 g/mol. The van der Waals surface area contributed by atoms with Gasteiger partial charge in [-0.2, -0.15) is 0 Å². The Kier molecular flexibility index (Phi) is 11.8. The molecule has 0 spiro atoms. The molecule has 73 heavy (non-hydrogen) atoms. The number of aromatic nitrogens is 2. The summed E-state index contributed by atoms with van der Waals surface area (Å²) >= 11 is 0. The molecule has 5 nitrogen and oxygen atoms in total. The number of nitrogens with zero attached hydrogens (tertiary/aromatic N) is 4. The van der Waals surface area contributed by atoms with Crippen LogP contribution in [0.3, 0.4) is 0 Å². The first kappa shape index (κ1) is 47.6. The highest BCUT2D eigenvalue weighted by molar-refractivity contribution is 7.20. The van der Waals surface area contributed by atoms with Crippen molar-refractivity contribution in [2.45, 2.75) is 78.6 Å². The van der Waals surface area contributed by atoms with Gasteiger partial charge in [0, 0.05) is 40.5 Å². The molecule has 0 N–H and O–H groups in total. The third kappa shape index (κ3) is 8.59. The van der Waals surface area contributed by atoms with Crippen LogP contribution in [0.15, 0.2) is 206 Å². The van der Waals surface area contributed by atoms with Crippen LogP contribution in [0.1, 0.15) is 79.0 Å². The van der Waals surface area contributed by atoms with E-state index in [9.17, 15) is 4.39 Å². The molecule has 10 aromatic rings. The van der Waals surface area contributed by atoms with Gasteiger partial charge in [0.25, 0.3) is 0 Å². The number of para-hydroxylation sites is 1. The average molecular weight is 975 g/mol. The van der Waals surface area contributed by atoms with Gasteiger partial charge in [0.05, 0.1) is 22.4 Å². The summed E-state index contributed by atoms with van der Waals surface area (Å²) in [6.45, 7) is 21.1. The Morgan fingerprint density at radius 3 is 1.66 bits per heavy atom. The van der Waals surface area contributed by atoms with Crippen molar-refractivity contribution in [2.24, 2.45) is 0 Å². The van der Waals surface area contributed by atoms with Crippen LogP contribution in [0.4, 0.5) is 27.1 Å². The number of rotatable bonds is 9. The van der Waals surface area contributed by atoms with Gasteiger partial charge in [-0.15, -0.1) is 0 Å². The maximum absolute atomic E-state index is 14.9. The first-order chi connectivity index (χ1) is 35.0. The Bertz CT molecular complexity index is 3530. The lowest BCUT2D eigenvalue weighted by atomic mass is 9.80. The van der Waals surface area contributed by atoms with Crippen molar-refractivity contribution in [2.75, 3.05) is 16.5 Å². The van der Waals surface area contributed by atoms with Crippen molar-refractivity contribution in [3.63, 3.8) is 0 Å². The number of fused-ring (bicyclic) bond motifs is 4. The monoisotopic (exact) mass is 974 g/mol. The quantitative estimate of drug-likeness (QED) is 0.107. The summed E-state index contributed by atoms with van der Waals surface area (Å²) < 4.78 is 23.9. The number of pyridine rings is 1. The maximum atomic E-state index is 14.9. The van der Waals surface area contributed by atoms with Gasteiger partial charge >= 0.3 is 0 Å². The maximum Gasteiger partial charge on any atom is 0.181 e. The van der Waals surface area contributed by atoms with Gasteiger partial charge in [-0.1, -0.05) is 178 Å². The average Bonchev–Trinajstić information content (AvgIpc) is 3.93. The molecule has 8 aromatic carbocycles.